The van der Waals surface area contributed by atoms with E-state index in [1.165, 1.54) is 23.8 Å². The molecule has 0 spiro atoms. The van der Waals surface area contributed by atoms with Crippen molar-refractivity contribution >= 4 is 11.8 Å². The third kappa shape index (κ3) is 7.16. The monoisotopic (exact) mass is 430 g/mol. The largest absolute Gasteiger partial charge is 0.573 e. The molecular weight excluding hydrogens is 405 g/mol. The minimum atomic E-state index is -4.75. The lowest BCUT2D eigenvalue weighted by Crippen LogP contribution is -2.17. The van der Waals surface area contributed by atoms with Gasteiger partial charge in [-0.15, -0.1) is 13.2 Å². The van der Waals surface area contributed by atoms with Gasteiger partial charge in [-0.05, 0) is 37.5 Å². The maximum absolute atomic E-state index is 12.6. The van der Waals surface area contributed by atoms with Crippen LogP contribution in [0.25, 0.3) is 11.3 Å². The van der Waals surface area contributed by atoms with Crippen LogP contribution in [0.4, 0.5) is 24.9 Å². The highest BCUT2D eigenvalue weighted by atomic mass is 19.4. The molecule has 3 rings (SSSR count). The first-order valence-electron chi connectivity index (χ1n) is 10.1. The highest BCUT2D eigenvalue weighted by Crippen LogP contribution is 2.28. The maximum atomic E-state index is 12.6. The minimum Gasteiger partial charge on any atom is -0.406 e. The van der Waals surface area contributed by atoms with Crippen LogP contribution < -0.4 is 15.4 Å². The summed E-state index contributed by atoms with van der Waals surface area (Å²) in [6.07, 6.45) is -3.07. The van der Waals surface area contributed by atoms with Gasteiger partial charge in [0, 0.05) is 24.2 Å². The molecule has 0 aliphatic rings. The first kappa shape index (κ1) is 22.4. The summed E-state index contributed by atoms with van der Waals surface area (Å²) in [7, 11) is 0. The lowest BCUT2D eigenvalue weighted by atomic mass is 10.1. The van der Waals surface area contributed by atoms with Crippen LogP contribution in [0.3, 0.4) is 0 Å². The van der Waals surface area contributed by atoms with E-state index >= 15 is 0 Å². The van der Waals surface area contributed by atoms with Crippen LogP contribution in [0, 0.1) is 0 Å². The SMILES string of the molecule is CC[C@H](C)Nc1nc(NCCc2ccccc2)cc(-c2cccc(OC(F)(F)F)c2)n1. The van der Waals surface area contributed by atoms with Gasteiger partial charge in [-0.3, -0.25) is 0 Å². The van der Waals surface area contributed by atoms with Gasteiger partial charge in [0.2, 0.25) is 5.95 Å². The number of ether oxygens (including phenoxy) is 1. The number of hydrogen-bond donors (Lipinski definition) is 2. The predicted octanol–water partition coefficient (Wildman–Crippen LogP) is 5.91. The van der Waals surface area contributed by atoms with E-state index in [0.29, 0.717) is 29.6 Å². The Morgan fingerprint density at radius 3 is 2.48 bits per heavy atom. The lowest BCUT2D eigenvalue weighted by Gasteiger charge is -2.15. The van der Waals surface area contributed by atoms with E-state index in [1.807, 2.05) is 32.0 Å². The summed E-state index contributed by atoms with van der Waals surface area (Å²) in [5, 5.41) is 6.52. The van der Waals surface area contributed by atoms with E-state index in [2.05, 4.69) is 37.5 Å². The van der Waals surface area contributed by atoms with E-state index < -0.39 is 6.36 Å². The van der Waals surface area contributed by atoms with Crippen molar-refractivity contribution < 1.29 is 17.9 Å². The van der Waals surface area contributed by atoms with E-state index in [1.54, 1.807) is 12.1 Å². The second kappa shape index (κ2) is 10.1. The normalized spacial score (nSPS) is 12.3. The fourth-order valence-electron chi connectivity index (χ4n) is 2.90. The molecule has 3 aromatic rings. The number of anilines is 2. The van der Waals surface area contributed by atoms with Crippen molar-refractivity contribution in [1.82, 2.24) is 9.97 Å². The zero-order chi connectivity index (χ0) is 22.3. The molecule has 31 heavy (non-hydrogen) atoms. The summed E-state index contributed by atoms with van der Waals surface area (Å²) in [5.74, 6) is 0.712. The van der Waals surface area contributed by atoms with Gasteiger partial charge in [0.1, 0.15) is 11.6 Å². The van der Waals surface area contributed by atoms with Gasteiger partial charge in [0.25, 0.3) is 0 Å². The number of alkyl halides is 3. The number of halogens is 3. The van der Waals surface area contributed by atoms with Crippen molar-refractivity contribution in [2.45, 2.75) is 39.1 Å². The van der Waals surface area contributed by atoms with Crippen molar-refractivity contribution in [1.29, 1.82) is 0 Å². The molecule has 1 atom stereocenters. The second-order valence-electron chi connectivity index (χ2n) is 7.15. The Kier molecular flexibility index (Phi) is 7.33. The van der Waals surface area contributed by atoms with Crippen molar-refractivity contribution in [3.05, 3.63) is 66.2 Å². The summed E-state index contributed by atoms with van der Waals surface area (Å²) in [5.41, 5.74) is 2.19. The Balaban J connectivity index is 1.84. The van der Waals surface area contributed by atoms with Crippen molar-refractivity contribution in [3.8, 4) is 17.0 Å². The van der Waals surface area contributed by atoms with E-state index in [9.17, 15) is 13.2 Å². The Morgan fingerprint density at radius 2 is 1.77 bits per heavy atom. The number of benzene rings is 2. The third-order valence-electron chi connectivity index (χ3n) is 4.64. The molecule has 0 unspecified atom stereocenters. The predicted molar refractivity (Wildman–Crippen MR) is 116 cm³/mol. The van der Waals surface area contributed by atoms with Gasteiger partial charge in [0.05, 0.1) is 5.69 Å². The average Bonchev–Trinajstić information content (AvgIpc) is 2.73. The lowest BCUT2D eigenvalue weighted by molar-refractivity contribution is -0.274. The molecule has 2 N–H and O–H groups in total. The molecule has 1 heterocycles. The van der Waals surface area contributed by atoms with E-state index in [0.717, 1.165) is 12.8 Å². The highest BCUT2D eigenvalue weighted by molar-refractivity contribution is 5.66. The molecule has 1 aromatic heterocycles. The molecule has 0 radical (unpaired) electrons. The van der Waals surface area contributed by atoms with Gasteiger partial charge in [0.15, 0.2) is 0 Å². The summed E-state index contributed by atoms with van der Waals surface area (Å²) in [6.45, 7) is 4.70. The maximum Gasteiger partial charge on any atom is 0.573 e. The highest BCUT2D eigenvalue weighted by Gasteiger charge is 2.31. The summed E-state index contributed by atoms with van der Waals surface area (Å²) in [4.78, 5) is 9.01. The molecule has 0 saturated carbocycles. The van der Waals surface area contributed by atoms with Gasteiger partial charge >= 0.3 is 6.36 Å². The zero-order valence-corrected chi connectivity index (χ0v) is 17.4. The molecule has 8 heteroatoms. The van der Waals surface area contributed by atoms with Crippen LogP contribution in [0.5, 0.6) is 5.75 Å². The summed E-state index contributed by atoms with van der Waals surface area (Å²) >= 11 is 0. The van der Waals surface area contributed by atoms with Crippen LogP contribution in [-0.2, 0) is 6.42 Å². The van der Waals surface area contributed by atoms with Crippen LogP contribution in [0.1, 0.15) is 25.8 Å². The van der Waals surface area contributed by atoms with E-state index in [-0.39, 0.29) is 11.8 Å². The summed E-state index contributed by atoms with van der Waals surface area (Å²) < 4.78 is 41.8. The fourth-order valence-corrected chi connectivity index (χ4v) is 2.90. The number of aromatic nitrogens is 2. The zero-order valence-electron chi connectivity index (χ0n) is 17.4. The third-order valence-corrected chi connectivity index (χ3v) is 4.64. The fraction of sp³-hybridized carbons (Fsp3) is 0.304. The smallest absolute Gasteiger partial charge is 0.406 e. The van der Waals surface area contributed by atoms with Crippen LogP contribution in [-0.4, -0.2) is 28.9 Å². The Hall–Kier alpha value is -3.29. The Labute approximate surface area is 179 Å². The molecule has 0 saturated heterocycles. The van der Waals surface area contributed by atoms with E-state index in [4.69, 9.17) is 0 Å². The molecule has 0 bridgehead atoms. The van der Waals surface area contributed by atoms with Gasteiger partial charge in [-0.2, -0.15) is 4.98 Å². The number of rotatable bonds is 9. The molecule has 5 nitrogen and oxygen atoms in total. The van der Waals surface area contributed by atoms with Crippen molar-refractivity contribution in [3.63, 3.8) is 0 Å². The standard InChI is InChI=1S/C23H25F3N4O/c1-3-16(2)28-22-29-20(18-10-7-11-19(14-18)31-23(24,25)26)15-21(30-22)27-13-12-17-8-5-4-6-9-17/h4-11,14-16H,3,12-13H2,1-2H3,(H2,27,28,29,30)/t16-/m0/s1. The molecule has 0 aliphatic heterocycles. The topological polar surface area (TPSA) is 59.1 Å². The summed E-state index contributed by atoms with van der Waals surface area (Å²) in [6, 6.07) is 17.7. The first-order chi connectivity index (χ1) is 14.8. The molecule has 0 aliphatic carbocycles. The van der Waals surface area contributed by atoms with Crippen molar-refractivity contribution in [2.24, 2.45) is 0 Å². The number of nitrogens with zero attached hydrogens (tertiary/aromatic N) is 2. The molecule has 164 valence electrons. The van der Waals surface area contributed by atoms with Gasteiger partial charge < -0.3 is 15.4 Å². The Morgan fingerprint density at radius 1 is 1.00 bits per heavy atom. The van der Waals surface area contributed by atoms with Crippen molar-refractivity contribution in [2.75, 3.05) is 17.2 Å². The number of hydrogen-bond acceptors (Lipinski definition) is 5. The second-order valence-corrected chi connectivity index (χ2v) is 7.15. The van der Waals surface area contributed by atoms with Crippen LogP contribution in [0.2, 0.25) is 0 Å². The molecule has 0 amide bonds. The number of nitrogens with one attached hydrogen (secondary N) is 2. The minimum absolute atomic E-state index is 0.146. The van der Waals surface area contributed by atoms with Crippen LogP contribution in [0.15, 0.2) is 60.7 Å². The quantitative estimate of drug-likeness (QED) is 0.442. The average molecular weight is 430 g/mol. The molecular formula is C23H25F3N4O. The molecule has 0 fully saturated rings. The van der Waals surface area contributed by atoms with Crippen LogP contribution >= 0.6 is 0 Å². The Bertz CT molecular complexity index is 980. The molecule has 2 aromatic carbocycles. The first-order valence-corrected chi connectivity index (χ1v) is 10.1. The van der Waals surface area contributed by atoms with Gasteiger partial charge in [-0.1, -0.05) is 49.4 Å². The van der Waals surface area contributed by atoms with Gasteiger partial charge in [-0.25, -0.2) is 4.98 Å².